The first-order valence-electron chi connectivity index (χ1n) is 4.90. The van der Waals surface area contributed by atoms with Crippen molar-refractivity contribution in [3.8, 4) is 0 Å². The van der Waals surface area contributed by atoms with E-state index in [9.17, 15) is 9.59 Å². The third-order valence-electron chi connectivity index (χ3n) is 3.50. The van der Waals surface area contributed by atoms with Crippen LogP contribution >= 0.6 is 0 Å². The standard InChI is InChI=1S/C12H10O3/c1-5-6(2)12-10-8(14)4-3-7(13)9(10)11(5)15-12/h3-4,9-12H,1-2H2/t9-,10+,11+,12-. The highest BCUT2D eigenvalue weighted by molar-refractivity contribution is 6.09. The van der Waals surface area contributed by atoms with E-state index in [1.165, 1.54) is 12.2 Å². The second kappa shape index (κ2) is 2.55. The number of carbonyl (C=O) groups excluding carboxylic acids is 2. The molecule has 3 rings (SSSR count). The average molecular weight is 202 g/mol. The molecule has 2 fully saturated rings. The molecule has 76 valence electrons. The Labute approximate surface area is 87.1 Å². The second-order valence-corrected chi connectivity index (χ2v) is 4.22. The Morgan fingerprint density at radius 2 is 1.33 bits per heavy atom. The van der Waals surface area contributed by atoms with Gasteiger partial charge in [0.1, 0.15) is 0 Å². The van der Waals surface area contributed by atoms with Gasteiger partial charge in [-0.15, -0.1) is 0 Å². The minimum atomic E-state index is -0.356. The van der Waals surface area contributed by atoms with Gasteiger partial charge in [-0.3, -0.25) is 9.59 Å². The Balaban J connectivity index is 2.11. The molecule has 4 atom stereocenters. The van der Waals surface area contributed by atoms with Crippen LogP contribution in [0.3, 0.4) is 0 Å². The number of ether oxygens (including phenoxy) is 1. The van der Waals surface area contributed by atoms with Gasteiger partial charge in [0.25, 0.3) is 0 Å². The van der Waals surface area contributed by atoms with E-state index < -0.39 is 0 Å². The van der Waals surface area contributed by atoms with Gasteiger partial charge in [0.05, 0.1) is 24.0 Å². The van der Waals surface area contributed by atoms with E-state index in [4.69, 9.17) is 4.74 Å². The largest absolute Gasteiger partial charge is 0.364 e. The van der Waals surface area contributed by atoms with Crippen molar-refractivity contribution in [2.75, 3.05) is 0 Å². The zero-order valence-electron chi connectivity index (χ0n) is 8.10. The number of allylic oxidation sites excluding steroid dienone is 2. The molecule has 0 aromatic heterocycles. The first kappa shape index (κ1) is 8.80. The molecule has 0 saturated carbocycles. The topological polar surface area (TPSA) is 43.4 Å². The predicted molar refractivity (Wildman–Crippen MR) is 53.1 cm³/mol. The van der Waals surface area contributed by atoms with Crippen molar-refractivity contribution in [2.24, 2.45) is 11.8 Å². The smallest absolute Gasteiger partial charge is 0.162 e. The molecule has 0 aromatic carbocycles. The van der Waals surface area contributed by atoms with E-state index >= 15 is 0 Å². The summed E-state index contributed by atoms with van der Waals surface area (Å²) in [6, 6.07) is 0. The van der Waals surface area contributed by atoms with Gasteiger partial charge < -0.3 is 4.74 Å². The summed E-state index contributed by atoms with van der Waals surface area (Å²) in [5, 5.41) is 0. The first-order chi connectivity index (χ1) is 7.11. The van der Waals surface area contributed by atoms with Crippen LogP contribution in [-0.4, -0.2) is 23.8 Å². The van der Waals surface area contributed by atoms with E-state index in [0.29, 0.717) is 0 Å². The van der Waals surface area contributed by atoms with Gasteiger partial charge in [0, 0.05) is 0 Å². The molecule has 2 heterocycles. The van der Waals surface area contributed by atoms with E-state index in [0.717, 1.165) is 11.1 Å². The molecule has 2 saturated heterocycles. The van der Waals surface area contributed by atoms with Crippen LogP contribution in [0.15, 0.2) is 36.5 Å². The monoisotopic (exact) mass is 202 g/mol. The zero-order chi connectivity index (χ0) is 10.7. The van der Waals surface area contributed by atoms with Crippen LogP contribution in [0, 0.1) is 11.8 Å². The van der Waals surface area contributed by atoms with Gasteiger partial charge in [-0.1, -0.05) is 13.2 Å². The fraction of sp³-hybridized carbons (Fsp3) is 0.333. The van der Waals surface area contributed by atoms with Crippen molar-refractivity contribution in [3.63, 3.8) is 0 Å². The predicted octanol–water partition coefficient (Wildman–Crippen LogP) is 0.820. The summed E-state index contributed by atoms with van der Waals surface area (Å²) < 4.78 is 5.60. The van der Waals surface area contributed by atoms with Crippen LogP contribution in [0.5, 0.6) is 0 Å². The number of ketones is 2. The van der Waals surface area contributed by atoms with Gasteiger partial charge >= 0.3 is 0 Å². The molecule has 0 amide bonds. The van der Waals surface area contributed by atoms with Gasteiger partial charge in [0.15, 0.2) is 11.6 Å². The van der Waals surface area contributed by atoms with Crippen LogP contribution in [0.1, 0.15) is 0 Å². The summed E-state index contributed by atoms with van der Waals surface area (Å²) in [5.41, 5.74) is 1.55. The zero-order valence-corrected chi connectivity index (χ0v) is 8.10. The molecule has 2 aliphatic heterocycles. The maximum absolute atomic E-state index is 11.7. The number of rotatable bonds is 0. The number of hydrogen-bond donors (Lipinski definition) is 0. The lowest BCUT2D eigenvalue weighted by Gasteiger charge is -2.28. The molecule has 0 unspecified atom stereocenters. The van der Waals surface area contributed by atoms with E-state index in [1.54, 1.807) is 0 Å². The Kier molecular flexibility index (Phi) is 1.50. The Morgan fingerprint density at radius 1 is 0.933 bits per heavy atom. The van der Waals surface area contributed by atoms with Gasteiger partial charge in [0.2, 0.25) is 0 Å². The molecule has 3 nitrogen and oxygen atoms in total. The molecule has 3 heteroatoms. The summed E-state index contributed by atoms with van der Waals surface area (Å²) in [7, 11) is 0. The number of hydrogen-bond acceptors (Lipinski definition) is 3. The lowest BCUT2D eigenvalue weighted by atomic mass is 9.69. The lowest BCUT2D eigenvalue weighted by molar-refractivity contribution is -0.128. The summed E-state index contributed by atoms with van der Waals surface area (Å²) in [5.74, 6) is -0.766. The maximum atomic E-state index is 11.7. The summed E-state index contributed by atoms with van der Waals surface area (Å²) >= 11 is 0. The van der Waals surface area contributed by atoms with Crippen LogP contribution in [0.4, 0.5) is 0 Å². The van der Waals surface area contributed by atoms with Crippen LogP contribution in [-0.2, 0) is 14.3 Å². The van der Waals surface area contributed by atoms with Gasteiger partial charge in [-0.05, 0) is 23.3 Å². The molecular weight excluding hydrogens is 192 g/mol. The highest BCUT2D eigenvalue weighted by atomic mass is 16.5. The molecule has 15 heavy (non-hydrogen) atoms. The quantitative estimate of drug-likeness (QED) is 0.584. The van der Waals surface area contributed by atoms with E-state index in [2.05, 4.69) is 13.2 Å². The summed E-state index contributed by atoms with van der Waals surface area (Å²) in [6.45, 7) is 7.71. The van der Waals surface area contributed by atoms with Crippen molar-refractivity contribution in [1.29, 1.82) is 0 Å². The molecule has 1 aliphatic carbocycles. The number of fused-ring (bicyclic) bond motifs is 5. The first-order valence-corrected chi connectivity index (χ1v) is 4.90. The molecule has 0 N–H and O–H groups in total. The lowest BCUT2D eigenvalue weighted by Crippen LogP contribution is -2.41. The Hall–Kier alpha value is -1.48. The average Bonchev–Trinajstić information content (AvgIpc) is 2.72. The molecule has 0 aromatic rings. The molecule has 0 spiro atoms. The van der Waals surface area contributed by atoms with Crippen molar-refractivity contribution >= 4 is 11.6 Å². The van der Waals surface area contributed by atoms with Crippen LogP contribution in [0.2, 0.25) is 0 Å². The third-order valence-corrected chi connectivity index (χ3v) is 3.50. The Bertz CT molecular complexity index is 404. The van der Waals surface area contributed by atoms with Crippen molar-refractivity contribution in [3.05, 3.63) is 36.5 Å². The Morgan fingerprint density at radius 3 is 1.73 bits per heavy atom. The highest BCUT2D eigenvalue weighted by Crippen LogP contribution is 2.50. The van der Waals surface area contributed by atoms with Crippen molar-refractivity contribution in [1.82, 2.24) is 0 Å². The maximum Gasteiger partial charge on any atom is 0.162 e. The van der Waals surface area contributed by atoms with Gasteiger partial charge in [-0.2, -0.15) is 0 Å². The van der Waals surface area contributed by atoms with Crippen LogP contribution in [0.25, 0.3) is 0 Å². The van der Waals surface area contributed by atoms with Gasteiger partial charge in [-0.25, -0.2) is 0 Å². The normalized spacial score (nSPS) is 42.7. The van der Waals surface area contributed by atoms with Crippen LogP contribution < -0.4 is 0 Å². The number of carbonyl (C=O) groups is 2. The fourth-order valence-electron chi connectivity index (χ4n) is 2.71. The minimum Gasteiger partial charge on any atom is -0.364 e. The SMILES string of the molecule is C=C1C(=C)[C@@H]2O[C@H]1[C@H]1C(=O)C=CC(=O)[C@H]12. The second-order valence-electron chi connectivity index (χ2n) is 4.22. The third kappa shape index (κ3) is 0.887. The van der Waals surface area contributed by atoms with E-state index in [-0.39, 0.29) is 35.6 Å². The fourth-order valence-corrected chi connectivity index (χ4v) is 2.71. The van der Waals surface area contributed by atoms with Crippen molar-refractivity contribution < 1.29 is 14.3 Å². The summed E-state index contributed by atoms with van der Waals surface area (Å²) in [6.07, 6.45) is 2.05. The molecule has 3 aliphatic rings. The minimum absolute atomic E-state index is 0.0271. The van der Waals surface area contributed by atoms with Crippen molar-refractivity contribution in [2.45, 2.75) is 12.2 Å². The molecule has 0 radical (unpaired) electrons. The molecule has 2 bridgehead atoms. The summed E-state index contributed by atoms with van der Waals surface area (Å²) in [4.78, 5) is 23.3. The highest BCUT2D eigenvalue weighted by Gasteiger charge is 2.58. The van der Waals surface area contributed by atoms with E-state index in [1.807, 2.05) is 0 Å². The molecular formula is C12H10O3.